The van der Waals surface area contributed by atoms with Gasteiger partial charge in [-0.25, -0.2) is 0 Å². The molecule has 0 spiro atoms. The summed E-state index contributed by atoms with van der Waals surface area (Å²) in [7, 11) is 0. The Morgan fingerprint density at radius 3 is 2.07 bits per heavy atom. The molecular formula is C23H32N2O2. The molecule has 4 aliphatic rings. The first-order chi connectivity index (χ1) is 12.9. The van der Waals surface area contributed by atoms with Gasteiger partial charge in [-0.3, -0.25) is 9.59 Å². The maximum Gasteiger partial charge on any atom is 0.247 e. The lowest BCUT2D eigenvalue weighted by Crippen LogP contribution is -2.57. The molecule has 0 aromatic heterocycles. The average Bonchev–Trinajstić information content (AvgIpc) is 2.59. The first-order valence-electron chi connectivity index (χ1n) is 10.5. The number of rotatable bonds is 5. The van der Waals surface area contributed by atoms with Crippen LogP contribution in [0, 0.1) is 36.0 Å². The van der Waals surface area contributed by atoms with Crippen molar-refractivity contribution < 1.29 is 9.59 Å². The van der Waals surface area contributed by atoms with Crippen LogP contribution >= 0.6 is 0 Å². The standard InChI is InChI=1S/C23H32N2O2/c1-14(2)20(21(26)24-19-7-5-4-6-15(19)3)25-22(27)23-11-16-8-17(12-23)10-18(9-16)13-23/h4-7,14,16-18,20H,8-13H2,1-3H3,(H,24,26)(H,25,27)/t16?,17?,18?,20-,23?/m1/s1. The van der Waals surface area contributed by atoms with E-state index in [1.807, 2.05) is 45.0 Å². The number of hydrogen-bond donors (Lipinski definition) is 2. The lowest BCUT2D eigenvalue weighted by Gasteiger charge is -2.55. The van der Waals surface area contributed by atoms with Gasteiger partial charge in [0.15, 0.2) is 0 Å². The predicted molar refractivity (Wildman–Crippen MR) is 107 cm³/mol. The van der Waals surface area contributed by atoms with Gasteiger partial charge in [0, 0.05) is 11.1 Å². The molecule has 4 bridgehead atoms. The molecule has 4 aliphatic carbocycles. The van der Waals surface area contributed by atoms with E-state index in [1.165, 1.54) is 19.3 Å². The molecule has 4 fully saturated rings. The van der Waals surface area contributed by atoms with Crippen molar-refractivity contribution in [2.75, 3.05) is 5.32 Å². The topological polar surface area (TPSA) is 58.2 Å². The van der Waals surface area contributed by atoms with Crippen LogP contribution in [0.3, 0.4) is 0 Å². The second-order valence-corrected chi connectivity index (χ2v) is 9.70. The fraction of sp³-hybridized carbons (Fsp3) is 0.652. The van der Waals surface area contributed by atoms with E-state index in [4.69, 9.17) is 0 Å². The lowest BCUT2D eigenvalue weighted by molar-refractivity contribution is -0.148. The Bertz CT molecular complexity index is 704. The maximum atomic E-state index is 13.3. The molecular weight excluding hydrogens is 336 g/mol. The van der Waals surface area contributed by atoms with Crippen molar-refractivity contribution in [2.45, 2.75) is 65.3 Å². The van der Waals surface area contributed by atoms with Crippen molar-refractivity contribution in [3.63, 3.8) is 0 Å². The van der Waals surface area contributed by atoms with Crippen LogP contribution in [0.2, 0.25) is 0 Å². The summed E-state index contributed by atoms with van der Waals surface area (Å²) in [4.78, 5) is 26.3. The number of nitrogens with one attached hydrogen (secondary N) is 2. The molecule has 1 aromatic rings. The van der Waals surface area contributed by atoms with Crippen molar-refractivity contribution in [1.82, 2.24) is 5.32 Å². The Morgan fingerprint density at radius 1 is 1.00 bits per heavy atom. The fourth-order valence-corrected chi connectivity index (χ4v) is 6.14. The molecule has 5 rings (SSSR count). The van der Waals surface area contributed by atoms with Crippen LogP contribution in [0.15, 0.2) is 24.3 Å². The minimum Gasteiger partial charge on any atom is -0.344 e. The normalized spacial score (nSPS) is 32.4. The van der Waals surface area contributed by atoms with E-state index in [-0.39, 0.29) is 23.1 Å². The monoisotopic (exact) mass is 368 g/mol. The first kappa shape index (κ1) is 18.5. The van der Waals surface area contributed by atoms with Gasteiger partial charge in [-0.2, -0.15) is 0 Å². The van der Waals surface area contributed by atoms with Gasteiger partial charge in [0.25, 0.3) is 0 Å². The summed E-state index contributed by atoms with van der Waals surface area (Å²) in [6.45, 7) is 5.98. The fourth-order valence-electron chi connectivity index (χ4n) is 6.14. The van der Waals surface area contributed by atoms with Gasteiger partial charge >= 0.3 is 0 Å². The second-order valence-electron chi connectivity index (χ2n) is 9.70. The molecule has 2 N–H and O–H groups in total. The summed E-state index contributed by atoms with van der Waals surface area (Å²) in [6, 6.07) is 7.27. The molecule has 0 aliphatic heterocycles. The molecule has 0 radical (unpaired) electrons. The maximum absolute atomic E-state index is 13.3. The third-order valence-corrected chi connectivity index (χ3v) is 7.16. The summed E-state index contributed by atoms with van der Waals surface area (Å²) in [6.07, 6.45) is 7.01. The highest BCUT2D eigenvalue weighted by molar-refractivity contribution is 5.98. The highest BCUT2D eigenvalue weighted by atomic mass is 16.2. The van der Waals surface area contributed by atoms with Crippen molar-refractivity contribution in [2.24, 2.45) is 29.1 Å². The molecule has 1 atom stereocenters. The van der Waals surface area contributed by atoms with Gasteiger partial charge < -0.3 is 10.6 Å². The highest BCUT2D eigenvalue weighted by Gasteiger charge is 2.55. The summed E-state index contributed by atoms with van der Waals surface area (Å²) in [5.41, 5.74) is 1.63. The van der Waals surface area contributed by atoms with Crippen LogP contribution in [-0.2, 0) is 9.59 Å². The van der Waals surface area contributed by atoms with E-state index >= 15 is 0 Å². The number of para-hydroxylation sites is 1. The number of benzene rings is 1. The zero-order valence-corrected chi connectivity index (χ0v) is 16.8. The van der Waals surface area contributed by atoms with E-state index in [9.17, 15) is 9.59 Å². The van der Waals surface area contributed by atoms with Crippen molar-refractivity contribution in [3.8, 4) is 0 Å². The van der Waals surface area contributed by atoms with Gasteiger partial charge in [0.1, 0.15) is 6.04 Å². The Balaban J connectivity index is 1.48. The van der Waals surface area contributed by atoms with Gasteiger partial charge in [-0.15, -0.1) is 0 Å². The number of carbonyl (C=O) groups is 2. The Labute approximate surface area is 162 Å². The molecule has 27 heavy (non-hydrogen) atoms. The van der Waals surface area contributed by atoms with Crippen LogP contribution in [0.4, 0.5) is 5.69 Å². The Kier molecular flexibility index (Phi) is 4.77. The quantitative estimate of drug-likeness (QED) is 0.814. The number of aryl methyl sites for hydroxylation is 1. The molecule has 0 heterocycles. The predicted octanol–water partition coefficient (Wildman–Crippen LogP) is 4.29. The minimum atomic E-state index is -0.495. The van der Waals surface area contributed by atoms with Gasteiger partial charge in [0.2, 0.25) is 11.8 Å². The minimum absolute atomic E-state index is 0.0480. The third kappa shape index (κ3) is 3.51. The molecule has 2 amide bonds. The molecule has 1 aromatic carbocycles. The summed E-state index contributed by atoms with van der Waals surface area (Å²) in [5, 5.41) is 6.18. The van der Waals surface area contributed by atoms with Crippen molar-refractivity contribution in [1.29, 1.82) is 0 Å². The van der Waals surface area contributed by atoms with E-state index < -0.39 is 6.04 Å². The smallest absolute Gasteiger partial charge is 0.247 e. The Morgan fingerprint density at radius 2 is 1.56 bits per heavy atom. The van der Waals surface area contributed by atoms with E-state index in [1.54, 1.807) is 0 Å². The average molecular weight is 369 g/mol. The molecule has 4 saturated carbocycles. The zero-order valence-electron chi connectivity index (χ0n) is 16.8. The summed E-state index contributed by atoms with van der Waals surface area (Å²) >= 11 is 0. The molecule has 0 saturated heterocycles. The van der Waals surface area contributed by atoms with Crippen LogP contribution in [0.1, 0.15) is 57.9 Å². The van der Waals surface area contributed by atoms with E-state index in [0.29, 0.717) is 0 Å². The van der Waals surface area contributed by atoms with Crippen molar-refractivity contribution in [3.05, 3.63) is 29.8 Å². The van der Waals surface area contributed by atoms with Gasteiger partial charge in [0.05, 0.1) is 0 Å². The SMILES string of the molecule is Cc1ccccc1NC(=O)[C@H](NC(=O)C12CC3CC(CC(C3)C1)C2)C(C)C. The van der Waals surface area contributed by atoms with Crippen LogP contribution in [0.5, 0.6) is 0 Å². The van der Waals surface area contributed by atoms with Crippen LogP contribution in [0.25, 0.3) is 0 Å². The number of hydrogen-bond acceptors (Lipinski definition) is 2. The van der Waals surface area contributed by atoms with E-state index in [2.05, 4.69) is 10.6 Å². The zero-order chi connectivity index (χ0) is 19.2. The lowest BCUT2D eigenvalue weighted by atomic mass is 9.49. The van der Waals surface area contributed by atoms with Crippen LogP contribution < -0.4 is 10.6 Å². The number of amides is 2. The van der Waals surface area contributed by atoms with E-state index in [0.717, 1.165) is 48.3 Å². The van der Waals surface area contributed by atoms with Crippen LogP contribution in [-0.4, -0.2) is 17.9 Å². The Hall–Kier alpha value is -1.84. The third-order valence-electron chi connectivity index (χ3n) is 7.16. The first-order valence-corrected chi connectivity index (χ1v) is 10.5. The number of anilines is 1. The molecule has 4 heteroatoms. The summed E-state index contributed by atoms with van der Waals surface area (Å²) in [5.74, 6) is 2.23. The summed E-state index contributed by atoms with van der Waals surface area (Å²) < 4.78 is 0. The number of carbonyl (C=O) groups excluding carboxylic acids is 2. The molecule has 146 valence electrons. The van der Waals surface area contributed by atoms with Gasteiger partial charge in [-0.05, 0) is 80.8 Å². The largest absolute Gasteiger partial charge is 0.344 e. The molecule has 0 unspecified atom stereocenters. The second kappa shape index (κ2) is 6.96. The van der Waals surface area contributed by atoms with Crippen molar-refractivity contribution >= 4 is 17.5 Å². The molecule has 4 nitrogen and oxygen atoms in total. The van der Waals surface area contributed by atoms with Gasteiger partial charge in [-0.1, -0.05) is 32.0 Å². The highest BCUT2D eigenvalue weighted by Crippen LogP contribution is 2.60.